The average molecular weight is 483 g/mol. The molecule has 0 radical (unpaired) electrons. The van der Waals surface area contributed by atoms with Gasteiger partial charge in [0.25, 0.3) is 11.4 Å². The number of esters is 1. The molecule has 3 aliphatic rings. The first-order valence-corrected chi connectivity index (χ1v) is 11.3. The standard InChI is InChI=1S/C21H31FN6O6/c1-4-5-6-12(34-17(31)15(23)10(2)3)16(30)21-18(26-20(24)27-19(21)32)28(9-25-21)14-7-11(22)13(8-29)33-14/h9-15,29H,4-8,23H2,1-3H3,(H2,24,27,32)/t11?,12?,13-,14-,15+,21?/m1/s1. The van der Waals surface area contributed by atoms with Gasteiger partial charge in [-0.25, -0.2) is 9.38 Å². The predicted octanol–water partition coefficient (Wildman–Crippen LogP) is -0.368. The number of aliphatic imine (C=N–C) groups is 2. The number of aliphatic hydroxyl groups excluding tert-OH is 1. The zero-order valence-electron chi connectivity index (χ0n) is 19.4. The van der Waals surface area contributed by atoms with E-state index in [-0.39, 0.29) is 24.6 Å². The van der Waals surface area contributed by atoms with Crippen molar-refractivity contribution in [2.24, 2.45) is 21.6 Å². The molecular weight excluding hydrogens is 451 g/mol. The smallest absolute Gasteiger partial charge is 0.323 e. The highest BCUT2D eigenvalue weighted by molar-refractivity contribution is 6.39. The minimum absolute atomic E-state index is 0.125. The highest BCUT2D eigenvalue weighted by Crippen LogP contribution is 2.34. The second kappa shape index (κ2) is 10.2. The number of rotatable bonds is 10. The van der Waals surface area contributed by atoms with Gasteiger partial charge in [-0.1, -0.05) is 27.2 Å². The summed E-state index contributed by atoms with van der Waals surface area (Å²) in [4.78, 5) is 48.8. The van der Waals surface area contributed by atoms with E-state index in [1.165, 1.54) is 4.90 Å². The van der Waals surface area contributed by atoms with Crippen LogP contribution in [0.1, 0.15) is 46.5 Å². The fraction of sp³-hybridized carbons (Fsp3) is 0.714. The number of aliphatic hydroxyl groups is 1. The maximum Gasteiger partial charge on any atom is 0.323 e. The van der Waals surface area contributed by atoms with Crippen LogP contribution in [0.2, 0.25) is 0 Å². The molecule has 0 aromatic rings. The lowest BCUT2D eigenvalue weighted by Gasteiger charge is -2.34. The van der Waals surface area contributed by atoms with Crippen molar-refractivity contribution in [3.05, 3.63) is 0 Å². The molecular formula is C21H31FN6O6. The van der Waals surface area contributed by atoms with Crippen LogP contribution >= 0.6 is 0 Å². The van der Waals surface area contributed by atoms with Gasteiger partial charge in [-0.05, 0) is 18.8 Å². The molecule has 0 aromatic heterocycles. The molecule has 3 rings (SSSR count). The van der Waals surface area contributed by atoms with Crippen LogP contribution in [0.5, 0.6) is 0 Å². The van der Waals surface area contributed by atoms with E-state index in [4.69, 9.17) is 20.6 Å². The van der Waals surface area contributed by atoms with E-state index < -0.39 is 66.4 Å². The highest BCUT2D eigenvalue weighted by atomic mass is 19.1. The number of carbonyl (C=O) groups is 3. The quantitative estimate of drug-likeness (QED) is 0.240. The van der Waals surface area contributed by atoms with Gasteiger partial charge in [-0.15, -0.1) is 0 Å². The van der Waals surface area contributed by atoms with Crippen molar-refractivity contribution in [2.75, 3.05) is 6.61 Å². The number of ketones is 1. The molecule has 0 aliphatic carbocycles. The first-order valence-electron chi connectivity index (χ1n) is 11.3. The number of amidine groups is 1. The van der Waals surface area contributed by atoms with E-state index >= 15 is 0 Å². The Morgan fingerprint density at radius 2 is 2.21 bits per heavy atom. The lowest BCUT2D eigenvalue weighted by Crippen LogP contribution is -2.65. The van der Waals surface area contributed by atoms with E-state index in [0.29, 0.717) is 12.8 Å². The third-order valence-electron chi connectivity index (χ3n) is 6.09. The molecule has 3 aliphatic heterocycles. The fourth-order valence-corrected chi connectivity index (χ4v) is 3.96. The maximum absolute atomic E-state index is 14.2. The van der Waals surface area contributed by atoms with Crippen molar-refractivity contribution in [2.45, 2.75) is 82.6 Å². The average Bonchev–Trinajstić information content (AvgIpc) is 3.36. The number of amides is 1. The number of hydrogen-bond donors (Lipinski definition) is 4. The number of guanidine groups is 1. The number of nitrogens with two attached hydrogens (primary N) is 1. The topological polar surface area (TPSA) is 180 Å². The van der Waals surface area contributed by atoms with Gasteiger partial charge in [0.15, 0.2) is 11.9 Å². The van der Waals surface area contributed by atoms with Gasteiger partial charge in [-0.2, -0.15) is 4.99 Å². The normalized spacial score (nSPS) is 30.1. The lowest BCUT2D eigenvalue weighted by molar-refractivity contribution is -0.159. The SMILES string of the molecule is CCCCC(OC(=O)[C@@H](N)C(C)C)C(=O)C12N=CN([C@H]3CC(F)[C@@H](CO)O3)C1=NC(=N)NC2=O. The van der Waals surface area contributed by atoms with Gasteiger partial charge < -0.3 is 20.3 Å². The predicted molar refractivity (Wildman–Crippen MR) is 119 cm³/mol. The van der Waals surface area contributed by atoms with Crippen molar-refractivity contribution >= 4 is 35.8 Å². The van der Waals surface area contributed by atoms with E-state index in [2.05, 4.69) is 15.3 Å². The van der Waals surface area contributed by atoms with Crippen molar-refractivity contribution in [3.63, 3.8) is 0 Å². The Morgan fingerprint density at radius 3 is 2.79 bits per heavy atom. The molecule has 3 heterocycles. The number of unbranched alkanes of at least 4 members (excludes halogenated alkanes) is 1. The lowest BCUT2D eigenvalue weighted by atomic mass is 9.86. The summed E-state index contributed by atoms with van der Waals surface area (Å²) in [5, 5.41) is 19.3. The first-order chi connectivity index (χ1) is 16.1. The van der Waals surface area contributed by atoms with Gasteiger partial charge in [0.1, 0.15) is 24.5 Å². The summed E-state index contributed by atoms with van der Waals surface area (Å²) in [6, 6.07) is -0.969. The monoisotopic (exact) mass is 482 g/mol. The number of carbonyl (C=O) groups excluding carboxylic acids is 3. The molecule has 0 aromatic carbocycles. The van der Waals surface area contributed by atoms with Crippen LogP contribution in [0.15, 0.2) is 9.98 Å². The van der Waals surface area contributed by atoms with Crippen molar-refractivity contribution in [1.29, 1.82) is 5.41 Å². The molecule has 5 N–H and O–H groups in total. The van der Waals surface area contributed by atoms with Gasteiger partial charge in [0.2, 0.25) is 11.7 Å². The van der Waals surface area contributed by atoms with E-state index in [0.717, 1.165) is 6.34 Å². The van der Waals surface area contributed by atoms with Crippen LogP contribution in [0.25, 0.3) is 0 Å². The molecule has 188 valence electrons. The Balaban J connectivity index is 1.95. The molecule has 0 bridgehead atoms. The second-order valence-corrected chi connectivity index (χ2v) is 8.87. The van der Waals surface area contributed by atoms with Crippen LogP contribution in [-0.4, -0.2) is 88.6 Å². The molecule has 1 saturated heterocycles. The number of nitrogens with one attached hydrogen (secondary N) is 2. The third-order valence-corrected chi connectivity index (χ3v) is 6.09. The number of hydrogen-bond acceptors (Lipinski definition) is 10. The van der Waals surface area contributed by atoms with Crippen LogP contribution in [0.4, 0.5) is 4.39 Å². The second-order valence-electron chi connectivity index (χ2n) is 8.87. The van der Waals surface area contributed by atoms with E-state index in [1.807, 2.05) is 6.92 Å². The fourth-order valence-electron chi connectivity index (χ4n) is 3.96. The molecule has 0 saturated carbocycles. The summed E-state index contributed by atoms with van der Waals surface area (Å²) in [5.74, 6) is -3.58. The van der Waals surface area contributed by atoms with Crippen LogP contribution in [0.3, 0.4) is 0 Å². The molecule has 12 nitrogen and oxygen atoms in total. The Kier molecular flexibility index (Phi) is 7.78. The zero-order valence-corrected chi connectivity index (χ0v) is 19.4. The molecule has 6 atom stereocenters. The summed E-state index contributed by atoms with van der Waals surface area (Å²) in [6.45, 7) is 4.80. The number of Topliss-reactive ketones (excluding diaryl/α,β-unsaturated/α-hetero) is 1. The van der Waals surface area contributed by atoms with Crippen LogP contribution < -0.4 is 11.1 Å². The van der Waals surface area contributed by atoms with Crippen molar-refractivity contribution in [3.8, 4) is 0 Å². The Hall–Kier alpha value is -2.77. The largest absolute Gasteiger partial charge is 0.453 e. The molecule has 34 heavy (non-hydrogen) atoms. The van der Waals surface area contributed by atoms with Gasteiger partial charge in [0, 0.05) is 6.42 Å². The first kappa shape index (κ1) is 25.8. The minimum atomic E-state index is -2.24. The van der Waals surface area contributed by atoms with Gasteiger partial charge in [0.05, 0.1) is 12.9 Å². The van der Waals surface area contributed by atoms with Crippen LogP contribution in [-0.2, 0) is 23.9 Å². The third kappa shape index (κ3) is 4.59. The minimum Gasteiger partial charge on any atom is -0.453 e. The Labute approximate surface area is 196 Å². The number of halogens is 1. The summed E-state index contributed by atoms with van der Waals surface area (Å²) in [5.41, 5.74) is 3.64. The van der Waals surface area contributed by atoms with Gasteiger partial charge >= 0.3 is 5.97 Å². The number of fused-ring (bicyclic) bond motifs is 1. The molecule has 13 heteroatoms. The van der Waals surface area contributed by atoms with Crippen molar-refractivity contribution < 1.29 is 33.4 Å². The number of nitrogens with zero attached hydrogens (tertiary/aromatic N) is 3. The van der Waals surface area contributed by atoms with Gasteiger partial charge in [-0.3, -0.25) is 30.0 Å². The zero-order chi connectivity index (χ0) is 25.2. The highest BCUT2D eigenvalue weighted by Gasteiger charge is 2.61. The van der Waals surface area contributed by atoms with E-state index in [9.17, 15) is 23.9 Å². The number of alkyl halides is 1. The summed E-state index contributed by atoms with van der Waals surface area (Å²) in [6.07, 6.45) is -2.64. The van der Waals surface area contributed by atoms with Crippen molar-refractivity contribution in [1.82, 2.24) is 10.2 Å². The summed E-state index contributed by atoms with van der Waals surface area (Å²) >= 11 is 0. The van der Waals surface area contributed by atoms with E-state index in [1.54, 1.807) is 13.8 Å². The Bertz CT molecular complexity index is 910. The Morgan fingerprint density at radius 1 is 1.50 bits per heavy atom. The number of ether oxygens (including phenoxy) is 2. The molecule has 1 amide bonds. The summed E-state index contributed by atoms with van der Waals surface area (Å²) in [7, 11) is 0. The van der Waals surface area contributed by atoms with Crippen LogP contribution in [0, 0.1) is 11.3 Å². The maximum atomic E-state index is 14.2. The molecule has 3 unspecified atom stereocenters. The summed E-state index contributed by atoms with van der Waals surface area (Å²) < 4.78 is 25.2. The molecule has 1 fully saturated rings. The molecule has 0 spiro atoms.